The maximum absolute atomic E-state index is 11.5. The average Bonchev–Trinajstić information content (AvgIpc) is 2.41. The highest BCUT2D eigenvalue weighted by atomic mass is 32.2. The van der Waals surface area contributed by atoms with Crippen LogP contribution in [0.15, 0.2) is 29.4 Å². The van der Waals surface area contributed by atoms with Crippen molar-refractivity contribution >= 4 is 17.7 Å². The molecule has 1 amide bonds. The van der Waals surface area contributed by atoms with Gasteiger partial charge in [-0.1, -0.05) is 0 Å². The van der Waals surface area contributed by atoms with E-state index in [9.17, 15) is 4.79 Å². The van der Waals surface area contributed by atoms with Crippen LogP contribution < -0.4 is 5.32 Å². The topological polar surface area (TPSA) is 71.5 Å². The summed E-state index contributed by atoms with van der Waals surface area (Å²) >= 11 is 1.48. The molecule has 0 aliphatic heterocycles. The van der Waals surface area contributed by atoms with Crippen molar-refractivity contribution in [3.63, 3.8) is 0 Å². The second-order valence-corrected chi connectivity index (χ2v) is 4.56. The molecule has 1 aromatic heterocycles. The lowest BCUT2D eigenvalue weighted by atomic mass is 10.4. The highest BCUT2D eigenvalue weighted by Gasteiger charge is 2.01. The van der Waals surface area contributed by atoms with E-state index in [1.54, 1.807) is 12.4 Å². The van der Waals surface area contributed by atoms with Gasteiger partial charge in [-0.2, -0.15) is 0 Å². The molecule has 5 nitrogen and oxygen atoms in total. The zero-order valence-corrected chi connectivity index (χ0v) is 11.0. The largest absolute Gasteiger partial charge is 0.394 e. The summed E-state index contributed by atoms with van der Waals surface area (Å²) in [6, 6.07) is 3.75. The summed E-state index contributed by atoms with van der Waals surface area (Å²) in [7, 11) is 0. The molecule has 0 spiro atoms. The van der Waals surface area contributed by atoms with Crippen molar-refractivity contribution < 1.29 is 14.6 Å². The number of hydrogen-bond acceptors (Lipinski definition) is 5. The summed E-state index contributed by atoms with van der Waals surface area (Å²) in [6.45, 7) is 1.54. The minimum Gasteiger partial charge on any atom is -0.394 e. The van der Waals surface area contributed by atoms with Crippen LogP contribution in [0.25, 0.3) is 0 Å². The number of ether oxygens (including phenoxy) is 1. The molecule has 0 fully saturated rings. The molecule has 0 unspecified atom stereocenters. The monoisotopic (exact) mass is 270 g/mol. The van der Waals surface area contributed by atoms with E-state index in [1.165, 1.54) is 11.8 Å². The number of aliphatic hydroxyl groups excluding tert-OH is 1. The molecule has 0 bridgehead atoms. The van der Waals surface area contributed by atoms with Gasteiger partial charge in [-0.25, -0.2) is 0 Å². The predicted molar refractivity (Wildman–Crippen MR) is 70.5 cm³/mol. The maximum atomic E-state index is 11.5. The molecule has 0 saturated carbocycles. The highest BCUT2D eigenvalue weighted by Crippen LogP contribution is 2.15. The second kappa shape index (κ2) is 9.87. The Hall–Kier alpha value is -1.11. The van der Waals surface area contributed by atoms with Crippen LogP contribution in [-0.4, -0.2) is 48.1 Å². The third kappa shape index (κ3) is 7.26. The van der Waals surface area contributed by atoms with E-state index in [1.807, 2.05) is 12.1 Å². The van der Waals surface area contributed by atoms with Crippen LogP contribution in [0.2, 0.25) is 0 Å². The lowest BCUT2D eigenvalue weighted by Crippen LogP contribution is -2.26. The van der Waals surface area contributed by atoms with Crippen LogP contribution in [0.5, 0.6) is 0 Å². The molecular weight excluding hydrogens is 252 g/mol. The van der Waals surface area contributed by atoms with Gasteiger partial charge in [0.15, 0.2) is 0 Å². The molecule has 0 aliphatic rings. The summed E-state index contributed by atoms with van der Waals surface area (Å²) in [6.07, 6.45) is 4.17. The van der Waals surface area contributed by atoms with Crippen molar-refractivity contribution in [1.82, 2.24) is 10.3 Å². The predicted octanol–water partition coefficient (Wildman–Crippen LogP) is 0.689. The standard InChI is InChI=1S/C12H18N2O3S/c15-7-9-17-8-1-4-14-12(16)10-18-11-2-5-13-6-3-11/h2-3,5-6,15H,1,4,7-10H2,(H,14,16). The number of aromatic nitrogens is 1. The number of carbonyl (C=O) groups excluding carboxylic acids is 1. The first-order valence-electron chi connectivity index (χ1n) is 5.81. The molecule has 0 aliphatic carbocycles. The maximum Gasteiger partial charge on any atom is 0.230 e. The number of pyridine rings is 1. The number of hydrogen-bond donors (Lipinski definition) is 2. The van der Waals surface area contributed by atoms with Crippen LogP contribution in [0.1, 0.15) is 6.42 Å². The van der Waals surface area contributed by atoms with E-state index in [-0.39, 0.29) is 12.5 Å². The molecule has 0 saturated heterocycles. The summed E-state index contributed by atoms with van der Waals surface area (Å²) in [4.78, 5) is 16.4. The molecule has 1 rings (SSSR count). The molecule has 100 valence electrons. The van der Waals surface area contributed by atoms with E-state index in [4.69, 9.17) is 9.84 Å². The summed E-state index contributed by atoms with van der Waals surface area (Å²) in [5.74, 6) is 0.417. The van der Waals surface area contributed by atoms with Crippen molar-refractivity contribution in [2.24, 2.45) is 0 Å². The van der Waals surface area contributed by atoms with Crippen molar-refractivity contribution in [1.29, 1.82) is 0 Å². The number of aliphatic hydroxyl groups is 1. The van der Waals surface area contributed by atoms with Gasteiger partial charge in [-0.05, 0) is 18.6 Å². The van der Waals surface area contributed by atoms with Gasteiger partial charge in [-0.15, -0.1) is 11.8 Å². The number of thioether (sulfide) groups is 1. The zero-order valence-electron chi connectivity index (χ0n) is 10.2. The van der Waals surface area contributed by atoms with Crippen LogP contribution in [-0.2, 0) is 9.53 Å². The van der Waals surface area contributed by atoms with Gasteiger partial charge in [0.1, 0.15) is 0 Å². The van der Waals surface area contributed by atoms with Crippen LogP contribution in [0, 0.1) is 0 Å². The van der Waals surface area contributed by atoms with Gasteiger partial charge >= 0.3 is 0 Å². The van der Waals surface area contributed by atoms with Crippen molar-refractivity contribution in [2.75, 3.05) is 32.1 Å². The summed E-state index contributed by atoms with van der Waals surface area (Å²) < 4.78 is 5.08. The van der Waals surface area contributed by atoms with Crippen LogP contribution >= 0.6 is 11.8 Å². The number of rotatable bonds is 9. The lowest BCUT2D eigenvalue weighted by molar-refractivity contribution is -0.118. The first-order valence-corrected chi connectivity index (χ1v) is 6.79. The molecule has 2 N–H and O–H groups in total. The van der Waals surface area contributed by atoms with Crippen LogP contribution in [0.4, 0.5) is 0 Å². The fraction of sp³-hybridized carbons (Fsp3) is 0.500. The van der Waals surface area contributed by atoms with E-state index < -0.39 is 0 Å². The van der Waals surface area contributed by atoms with Gasteiger partial charge in [0.2, 0.25) is 5.91 Å². The smallest absolute Gasteiger partial charge is 0.230 e. The Kier molecular flexibility index (Phi) is 8.20. The van der Waals surface area contributed by atoms with E-state index in [0.29, 0.717) is 25.5 Å². The Bertz CT molecular complexity index is 335. The van der Waals surface area contributed by atoms with Crippen LogP contribution in [0.3, 0.4) is 0 Å². The third-order valence-corrected chi connectivity index (χ3v) is 3.05. The molecule has 18 heavy (non-hydrogen) atoms. The fourth-order valence-corrected chi connectivity index (χ4v) is 1.92. The molecule has 6 heteroatoms. The number of nitrogens with zero attached hydrogens (tertiary/aromatic N) is 1. The normalized spacial score (nSPS) is 10.3. The minimum absolute atomic E-state index is 0.0129. The van der Waals surface area contributed by atoms with Crippen molar-refractivity contribution in [3.05, 3.63) is 24.5 Å². The highest BCUT2D eigenvalue weighted by molar-refractivity contribution is 8.00. The van der Waals surface area contributed by atoms with Crippen molar-refractivity contribution in [3.8, 4) is 0 Å². The minimum atomic E-state index is 0.0129. The van der Waals surface area contributed by atoms with Gasteiger partial charge in [0.25, 0.3) is 0 Å². The summed E-state index contributed by atoms with van der Waals surface area (Å²) in [5.41, 5.74) is 0. The Balaban J connectivity index is 2.01. The fourth-order valence-electron chi connectivity index (χ4n) is 1.20. The molecule has 1 aromatic rings. The Morgan fingerprint density at radius 2 is 2.17 bits per heavy atom. The SMILES string of the molecule is O=C(CSc1ccncc1)NCCCOCCO. The quantitative estimate of drug-likeness (QED) is 0.510. The van der Waals surface area contributed by atoms with E-state index in [2.05, 4.69) is 10.3 Å². The van der Waals surface area contributed by atoms with Gasteiger partial charge < -0.3 is 15.2 Å². The molecule has 0 atom stereocenters. The van der Waals surface area contributed by atoms with Gasteiger partial charge in [-0.3, -0.25) is 9.78 Å². The number of carbonyl (C=O) groups is 1. The van der Waals surface area contributed by atoms with Crippen molar-refractivity contribution in [2.45, 2.75) is 11.3 Å². The van der Waals surface area contributed by atoms with E-state index in [0.717, 1.165) is 11.3 Å². The third-order valence-electron chi connectivity index (χ3n) is 2.04. The van der Waals surface area contributed by atoms with E-state index >= 15 is 0 Å². The first-order chi connectivity index (χ1) is 8.83. The molecular formula is C12H18N2O3S. The molecule has 0 radical (unpaired) electrons. The first kappa shape index (κ1) is 14.9. The molecule has 0 aromatic carbocycles. The average molecular weight is 270 g/mol. The van der Waals surface area contributed by atoms with Gasteiger partial charge in [0, 0.05) is 30.4 Å². The van der Waals surface area contributed by atoms with Gasteiger partial charge in [0.05, 0.1) is 19.0 Å². The summed E-state index contributed by atoms with van der Waals surface area (Å²) in [5, 5.41) is 11.3. The Morgan fingerprint density at radius 3 is 2.89 bits per heavy atom. The zero-order chi connectivity index (χ0) is 13.1. The molecule has 1 heterocycles. The number of nitrogens with one attached hydrogen (secondary N) is 1. The Labute approximate surface area is 111 Å². The lowest BCUT2D eigenvalue weighted by Gasteiger charge is -2.05. The Morgan fingerprint density at radius 1 is 1.39 bits per heavy atom. The second-order valence-electron chi connectivity index (χ2n) is 3.51. The number of amides is 1.